The van der Waals surface area contributed by atoms with Gasteiger partial charge in [0.1, 0.15) is 0 Å². The quantitative estimate of drug-likeness (QED) is 0.680. The molecule has 3 aromatic heterocycles. The fourth-order valence-corrected chi connectivity index (χ4v) is 3.05. The molecule has 3 rings (SSSR count). The lowest BCUT2D eigenvalue weighted by atomic mass is 10.3. The minimum absolute atomic E-state index is 0.189. The fraction of sp³-hybridized carbons (Fsp3) is 0.200. The Balaban J connectivity index is 1.51. The Morgan fingerprint density at radius 3 is 3.08 bits per heavy atom. The summed E-state index contributed by atoms with van der Waals surface area (Å²) < 4.78 is 6.83. The van der Waals surface area contributed by atoms with E-state index in [0.717, 1.165) is 18.7 Å². The molecule has 9 heteroatoms. The van der Waals surface area contributed by atoms with Crippen LogP contribution in [-0.4, -0.2) is 25.8 Å². The van der Waals surface area contributed by atoms with Gasteiger partial charge in [-0.15, -0.1) is 11.3 Å². The Labute approximate surface area is 147 Å². The first-order chi connectivity index (χ1) is 11.6. The van der Waals surface area contributed by atoms with E-state index in [1.165, 1.54) is 11.1 Å². The van der Waals surface area contributed by atoms with E-state index in [-0.39, 0.29) is 10.9 Å². The second-order valence-corrected chi connectivity index (χ2v) is 6.34. The van der Waals surface area contributed by atoms with Gasteiger partial charge in [0.05, 0.1) is 29.4 Å². The summed E-state index contributed by atoms with van der Waals surface area (Å²) in [5, 5.41) is 9.93. The number of carbonyl (C=O) groups excluding carboxylic acids is 1. The highest BCUT2D eigenvalue weighted by atomic mass is 32.1. The Kier molecular flexibility index (Phi) is 5.02. The van der Waals surface area contributed by atoms with Gasteiger partial charge < -0.3 is 9.73 Å². The highest BCUT2D eigenvalue weighted by Gasteiger charge is 2.11. The summed E-state index contributed by atoms with van der Waals surface area (Å²) in [6.07, 6.45) is 5.80. The molecule has 0 spiro atoms. The Bertz CT molecular complexity index is 838. The first kappa shape index (κ1) is 16.3. The van der Waals surface area contributed by atoms with E-state index in [4.69, 9.17) is 16.6 Å². The highest BCUT2D eigenvalue weighted by Crippen LogP contribution is 2.14. The fourth-order valence-electron chi connectivity index (χ4n) is 2.07. The van der Waals surface area contributed by atoms with E-state index in [2.05, 4.69) is 20.7 Å². The summed E-state index contributed by atoms with van der Waals surface area (Å²) in [6.45, 7) is 2.75. The number of amides is 1. The maximum absolute atomic E-state index is 11.8. The van der Waals surface area contributed by atoms with Gasteiger partial charge in [-0.2, -0.15) is 5.10 Å². The molecular formula is C15H15N5O2S2. The van der Waals surface area contributed by atoms with Crippen molar-refractivity contribution in [3.63, 3.8) is 0 Å². The monoisotopic (exact) mass is 361 g/mol. The number of furan rings is 1. The zero-order valence-corrected chi connectivity index (χ0v) is 14.5. The molecule has 7 nitrogen and oxygen atoms in total. The van der Waals surface area contributed by atoms with Crippen LogP contribution in [0.1, 0.15) is 21.1 Å². The van der Waals surface area contributed by atoms with Gasteiger partial charge in [-0.3, -0.25) is 14.8 Å². The average Bonchev–Trinajstić information content (AvgIpc) is 3.27. The van der Waals surface area contributed by atoms with E-state index >= 15 is 0 Å². The van der Waals surface area contributed by atoms with Crippen molar-refractivity contribution in [2.75, 3.05) is 5.32 Å². The average molecular weight is 361 g/mol. The highest BCUT2D eigenvalue weighted by molar-refractivity contribution is 7.80. The number of nitrogens with one attached hydrogen (secondary N) is 2. The molecule has 0 aliphatic heterocycles. The first-order valence-electron chi connectivity index (χ1n) is 7.19. The molecule has 0 atom stereocenters. The molecule has 0 unspecified atom stereocenters. The maximum Gasteiger partial charge on any atom is 0.293 e. The summed E-state index contributed by atoms with van der Waals surface area (Å²) in [5.41, 5.74) is 3.62. The number of anilines is 1. The van der Waals surface area contributed by atoms with Crippen LogP contribution < -0.4 is 10.6 Å². The third-order valence-electron chi connectivity index (χ3n) is 3.28. The molecule has 0 saturated carbocycles. The molecule has 0 bridgehead atoms. The molecule has 0 aromatic carbocycles. The van der Waals surface area contributed by atoms with Crippen molar-refractivity contribution in [3.8, 4) is 0 Å². The molecule has 0 aliphatic rings. The maximum atomic E-state index is 11.8. The topological polar surface area (TPSA) is 85.0 Å². The smallest absolute Gasteiger partial charge is 0.293 e. The van der Waals surface area contributed by atoms with Gasteiger partial charge >= 0.3 is 0 Å². The molecule has 0 fully saturated rings. The number of aromatic nitrogens is 3. The van der Waals surface area contributed by atoms with Gasteiger partial charge in [0.25, 0.3) is 5.91 Å². The van der Waals surface area contributed by atoms with Crippen LogP contribution in [0.15, 0.2) is 40.7 Å². The van der Waals surface area contributed by atoms with Crippen LogP contribution in [0, 0.1) is 6.92 Å². The van der Waals surface area contributed by atoms with Crippen LogP contribution >= 0.6 is 23.6 Å². The minimum Gasteiger partial charge on any atom is -0.459 e. The van der Waals surface area contributed by atoms with Gasteiger partial charge in [0.15, 0.2) is 10.9 Å². The molecule has 3 heterocycles. The second kappa shape index (κ2) is 7.37. The van der Waals surface area contributed by atoms with Gasteiger partial charge in [-0.25, -0.2) is 4.98 Å². The van der Waals surface area contributed by atoms with Gasteiger partial charge in [0.2, 0.25) is 0 Å². The van der Waals surface area contributed by atoms with Crippen LogP contribution in [-0.2, 0) is 13.0 Å². The number of thiocarbonyl (C=S) groups is 1. The summed E-state index contributed by atoms with van der Waals surface area (Å²) in [7, 11) is 0. The number of hydrogen-bond acceptors (Lipinski definition) is 6. The van der Waals surface area contributed by atoms with Crippen LogP contribution in [0.25, 0.3) is 0 Å². The molecular weight excluding hydrogens is 346 g/mol. The Morgan fingerprint density at radius 2 is 2.38 bits per heavy atom. The number of carbonyl (C=O) groups is 1. The lowest BCUT2D eigenvalue weighted by Gasteiger charge is -2.06. The molecule has 24 heavy (non-hydrogen) atoms. The van der Waals surface area contributed by atoms with Crippen molar-refractivity contribution in [3.05, 3.63) is 52.6 Å². The third kappa shape index (κ3) is 4.06. The molecule has 0 radical (unpaired) electrons. The Morgan fingerprint density at radius 1 is 1.50 bits per heavy atom. The molecule has 1 amide bonds. The second-order valence-electron chi connectivity index (χ2n) is 4.99. The number of rotatable bonds is 5. The van der Waals surface area contributed by atoms with Crippen molar-refractivity contribution >= 4 is 40.3 Å². The number of thiazole rings is 1. The van der Waals surface area contributed by atoms with Crippen molar-refractivity contribution < 1.29 is 9.21 Å². The largest absolute Gasteiger partial charge is 0.459 e. The zero-order chi connectivity index (χ0) is 16.9. The molecule has 2 N–H and O–H groups in total. The predicted molar refractivity (Wildman–Crippen MR) is 95.2 cm³/mol. The zero-order valence-electron chi connectivity index (χ0n) is 12.9. The van der Waals surface area contributed by atoms with E-state index in [9.17, 15) is 4.79 Å². The first-order valence-corrected chi connectivity index (χ1v) is 8.48. The summed E-state index contributed by atoms with van der Waals surface area (Å²) in [5.74, 6) is -0.194. The molecule has 124 valence electrons. The van der Waals surface area contributed by atoms with Crippen molar-refractivity contribution in [1.29, 1.82) is 0 Å². The van der Waals surface area contributed by atoms with E-state index in [1.54, 1.807) is 29.7 Å². The van der Waals surface area contributed by atoms with Gasteiger partial charge in [-0.1, -0.05) is 0 Å². The summed E-state index contributed by atoms with van der Waals surface area (Å²) >= 11 is 6.76. The van der Waals surface area contributed by atoms with Crippen molar-refractivity contribution in [2.24, 2.45) is 0 Å². The van der Waals surface area contributed by atoms with E-state index in [0.29, 0.717) is 5.69 Å². The van der Waals surface area contributed by atoms with E-state index in [1.807, 2.05) is 23.3 Å². The Hall–Kier alpha value is -2.52. The SMILES string of the molecule is Cc1ncsc1CCn1cc(NC(=S)NC(=O)c2ccco2)cn1. The standard InChI is InChI=1S/C15H15N5O2S2/c1-10-13(24-9-16-10)4-5-20-8-11(7-17-20)18-15(23)19-14(21)12-3-2-6-22-12/h2-3,6-9H,4-5H2,1H3,(H2,18,19,21,23). The molecule has 3 aromatic rings. The molecule has 0 saturated heterocycles. The minimum atomic E-state index is -0.398. The van der Waals surface area contributed by atoms with Crippen molar-refractivity contribution in [1.82, 2.24) is 20.1 Å². The van der Waals surface area contributed by atoms with E-state index < -0.39 is 5.91 Å². The van der Waals surface area contributed by atoms with Crippen LogP contribution in [0.5, 0.6) is 0 Å². The van der Waals surface area contributed by atoms with Gasteiger partial charge in [-0.05, 0) is 31.3 Å². The van der Waals surface area contributed by atoms with Crippen molar-refractivity contribution in [2.45, 2.75) is 19.9 Å². The summed E-state index contributed by atoms with van der Waals surface area (Å²) in [4.78, 5) is 17.3. The number of hydrogen-bond donors (Lipinski definition) is 2. The molecule has 0 aliphatic carbocycles. The van der Waals surface area contributed by atoms with Crippen LogP contribution in [0.2, 0.25) is 0 Å². The van der Waals surface area contributed by atoms with Gasteiger partial charge in [0, 0.05) is 24.0 Å². The lowest BCUT2D eigenvalue weighted by Crippen LogP contribution is -2.33. The van der Waals surface area contributed by atoms with Crippen LogP contribution in [0.3, 0.4) is 0 Å². The normalized spacial score (nSPS) is 10.5. The number of aryl methyl sites for hydroxylation is 3. The summed E-state index contributed by atoms with van der Waals surface area (Å²) in [6, 6.07) is 3.21. The lowest BCUT2D eigenvalue weighted by molar-refractivity contribution is 0.0950. The van der Waals surface area contributed by atoms with Crippen LogP contribution in [0.4, 0.5) is 5.69 Å². The third-order valence-corrected chi connectivity index (χ3v) is 4.47. The predicted octanol–water partition coefficient (Wildman–Crippen LogP) is 2.61. The number of nitrogens with zero attached hydrogens (tertiary/aromatic N) is 3.